The van der Waals surface area contributed by atoms with Crippen molar-refractivity contribution in [3.63, 3.8) is 0 Å². The Labute approximate surface area is 210 Å². The standard InChI is InChI=1S/C28H30N2O4S/c1-4-23-14-13-22-12-10-21(17-26(22)29-23)11-15-25(19(2)34-35-3)27(31)30-24(18-33-28(30)32)16-20-8-6-5-7-9-20/h5-15,17,19,24-25H,4,16,18H2,1-3H3/b15-11+/t19?,24?,25-/m1/s1. The van der Waals surface area contributed by atoms with E-state index in [-0.39, 0.29) is 18.6 Å². The highest BCUT2D eigenvalue weighted by Crippen LogP contribution is 2.25. The molecule has 35 heavy (non-hydrogen) atoms. The van der Waals surface area contributed by atoms with Crippen LogP contribution in [0.4, 0.5) is 4.79 Å². The first-order valence-corrected chi connectivity index (χ1v) is 13.0. The molecule has 0 N–H and O–H groups in total. The minimum atomic E-state index is -0.656. The third kappa shape index (κ3) is 5.92. The van der Waals surface area contributed by atoms with Crippen molar-refractivity contribution in [3.8, 4) is 0 Å². The Kier molecular flexibility index (Phi) is 8.21. The minimum Gasteiger partial charge on any atom is -0.447 e. The van der Waals surface area contributed by atoms with Crippen molar-refractivity contribution >= 4 is 41.0 Å². The monoisotopic (exact) mass is 490 g/mol. The van der Waals surface area contributed by atoms with Crippen LogP contribution in [0.15, 0.2) is 66.7 Å². The Morgan fingerprint density at radius 3 is 2.74 bits per heavy atom. The number of amides is 2. The fraction of sp³-hybridized carbons (Fsp3) is 0.321. The lowest BCUT2D eigenvalue weighted by Crippen LogP contribution is -2.45. The smallest absolute Gasteiger partial charge is 0.417 e. The van der Waals surface area contributed by atoms with Gasteiger partial charge in [-0.05, 0) is 55.1 Å². The first kappa shape index (κ1) is 24.9. The molecular weight excluding hydrogens is 460 g/mol. The van der Waals surface area contributed by atoms with Crippen LogP contribution in [0.1, 0.15) is 30.7 Å². The van der Waals surface area contributed by atoms with Gasteiger partial charge in [0, 0.05) is 17.3 Å². The molecule has 4 rings (SSSR count). The molecule has 0 saturated carbocycles. The average Bonchev–Trinajstić information content (AvgIpc) is 3.23. The zero-order valence-electron chi connectivity index (χ0n) is 20.2. The number of aryl methyl sites for hydroxylation is 1. The Balaban J connectivity index is 1.59. The average molecular weight is 491 g/mol. The molecule has 1 aliphatic rings. The van der Waals surface area contributed by atoms with E-state index < -0.39 is 18.1 Å². The van der Waals surface area contributed by atoms with Crippen LogP contribution in [0.3, 0.4) is 0 Å². The first-order valence-electron chi connectivity index (χ1n) is 11.8. The van der Waals surface area contributed by atoms with Crippen LogP contribution in [0.2, 0.25) is 0 Å². The summed E-state index contributed by atoms with van der Waals surface area (Å²) in [5, 5.41) is 1.06. The summed E-state index contributed by atoms with van der Waals surface area (Å²) in [4.78, 5) is 32.2. The van der Waals surface area contributed by atoms with Gasteiger partial charge in [0.25, 0.3) is 0 Å². The predicted molar refractivity (Wildman–Crippen MR) is 140 cm³/mol. The largest absolute Gasteiger partial charge is 0.447 e. The summed E-state index contributed by atoms with van der Waals surface area (Å²) < 4.78 is 11.0. The lowest BCUT2D eigenvalue weighted by atomic mass is 9.98. The highest BCUT2D eigenvalue weighted by Gasteiger charge is 2.41. The number of aromatic nitrogens is 1. The Bertz CT molecular complexity index is 1210. The van der Waals surface area contributed by atoms with Crippen LogP contribution in [0.5, 0.6) is 0 Å². The molecule has 3 aromatic rings. The molecule has 7 heteroatoms. The van der Waals surface area contributed by atoms with Gasteiger partial charge < -0.3 is 8.92 Å². The molecule has 1 aliphatic heterocycles. The molecule has 0 bridgehead atoms. The van der Waals surface area contributed by atoms with E-state index >= 15 is 0 Å². The van der Waals surface area contributed by atoms with Crippen LogP contribution in [0, 0.1) is 5.92 Å². The van der Waals surface area contributed by atoms with E-state index in [9.17, 15) is 9.59 Å². The molecule has 1 saturated heterocycles. The van der Waals surface area contributed by atoms with Crippen molar-refractivity contribution in [2.75, 3.05) is 12.9 Å². The second-order valence-corrected chi connectivity index (χ2v) is 9.12. The maximum absolute atomic E-state index is 13.7. The summed E-state index contributed by atoms with van der Waals surface area (Å²) in [5.41, 5.74) is 3.92. The maximum atomic E-state index is 13.7. The molecule has 0 spiro atoms. The summed E-state index contributed by atoms with van der Waals surface area (Å²) in [6.07, 6.45) is 5.90. The van der Waals surface area contributed by atoms with Crippen molar-refractivity contribution in [1.82, 2.24) is 9.88 Å². The van der Waals surface area contributed by atoms with Crippen LogP contribution in [-0.4, -0.2) is 46.9 Å². The molecule has 0 radical (unpaired) electrons. The van der Waals surface area contributed by atoms with Crippen molar-refractivity contribution in [1.29, 1.82) is 0 Å². The minimum absolute atomic E-state index is 0.184. The second kappa shape index (κ2) is 11.5. The van der Waals surface area contributed by atoms with Gasteiger partial charge in [0.05, 0.1) is 23.6 Å². The lowest BCUT2D eigenvalue weighted by molar-refractivity contribution is -0.134. The van der Waals surface area contributed by atoms with Crippen LogP contribution < -0.4 is 0 Å². The number of ether oxygens (including phenoxy) is 1. The molecule has 2 amide bonds. The highest BCUT2D eigenvalue weighted by atomic mass is 32.2. The number of carbonyl (C=O) groups excluding carboxylic acids is 2. The van der Waals surface area contributed by atoms with E-state index in [1.165, 1.54) is 16.9 Å². The second-order valence-electron chi connectivity index (χ2n) is 8.59. The molecule has 2 heterocycles. The fourth-order valence-electron chi connectivity index (χ4n) is 4.27. The van der Waals surface area contributed by atoms with Crippen LogP contribution in [-0.2, 0) is 26.6 Å². The number of nitrogens with zero attached hydrogens (tertiary/aromatic N) is 2. The van der Waals surface area contributed by atoms with Crippen molar-refractivity contribution in [2.24, 2.45) is 5.92 Å². The van der Waals surface area contributed by atoms with Crippen LogP contribution in [0.25, 0.3) is 17.0 Å². The Hall–Kier alpha value is -3.16. The Morgan fingerprint density at radius 1 is 1.23 bits per heavy atom. The number of imide groups is 1. The van der Waals surface area contributed by atoms with E-state index in [2.05, 4.69) is 13.0 Å². The van der Waals surface area contributed by atoms with Crippen molar-refractivity contribution in [2.45, 2.75) is 38.8 Å². The summed E-state index contributed by atoms with van der Waals surface area (Å²) in [6.45, 7) is 4.10. The molecule has 0 aliphatic carbocycles. The molecule has 2 aromatic carbocycles. The summed E-state index contributed by atoms with van der Waals surface area (Å²) in [6, 6.07) is 19.6. The number of benzene rings is 2. The quantitative estimate of drug-likeness (QED) is 0.359. The predicted octanol–water partition coefficient (Wildman–Crippen LogP) is 5.70. The molecule has 2 unspecified atom stereocenters. The van der Waals surface area contributed by atoms with Gasteiger partial charge in [0.2, 0.25) is 5.91 Å². The van der Waals surface area contributed by atoms with E-state index in [0.29, 0.717) is 6.42 Å². The number of fused-ring (bicyclic) bond motifs is 1. The number of hydrogen-bond donors (Lipinski definition) is 0. The van der Waals surface area contributed by atoms with E-state index in [0.717, 1.165) is 34.1 Å². The lowest BCUT2D eigenvalue weighted by Gasteiger charge is -2.26. The number of pyridine rings is 1. The van der Waals surface area contributed by atoms with E-state index in [4.69, 9.17) is 13.9 Å². The topological polar surface area (TPSA) is 68.7 Å². The molecular formula is C28H30N2O4S. The van der Waals surface area contributed by atoms with Gasteiger partial charge in [-0.3, -0.25) is 9.78 Å². The first-order chi connectivity index (χ1) is 17.0. The Morgan fingerprint density at radius 2 is 2.00 bits per heavy atom. The number of carbonyl (C=O) groups is 2. The molecule has 182 valence electrons. The third-order valence-corrected chi connectivity index (χ3v) is 6.68. The van der Waals surface area contributed by atoms with Gasteiger partial charge in [-0.25, -0.2) is 9.69 Å². The summed E-state index contributed by atoms with van der Waals surface area (Å²) in [7, 11) is 0. The molecule has 1 fully saturated rings. The number of hydrogen-bond acceptors (Lipinski definition) is 6. The fourth-order valence-corrected chi connectivity index (χ4v) is 4.69. The zero-order chi connectivity index (χ0) is 24.8. The normalized spacial score (nSPS) is 17.6. The zero-order valence-corrected chi connectivity index (χ0v) is 21.0. The maximum Gasteiger partial charge on any atom is 0.417 e. The summed E-state index contributed by atoms with van der Waals surface area (Å²) in [5.74, 6) is -0.976. The number of cyclic esters (lactones) is 1. The van der Waals surface area contributed by atoms with Gasteiger partial charge in [0.15, 0.2) is 0 Å². The van der Waals surface area contributed by atoms with Gasteiger partial charge >= 0.3 is 6.09 Å². The van der Waals surface area contributed by atoms with E-state index in [1.54, 1.807) is 0 Å². The van der Waals surface area contributed by atoms with Gasteiger partial charge in [-0.2, -0.15) is 0 Å². The highest BCUT2D eigenvalue weighted by molar-refractivity contribution is 7.93. The van der Waals surface area contributed by atoms with E-state index in [1.807, 2.05) is 79.9 Å². The van der Waals surface area contributed by atoms with Crippen molar-refractivity contribution < 1.29 is 18.5 Å². The van der Waals surface area contributed by atoms with Gasteiger partial charge in [0.1, 0.15) is 6.61 Å². The number of rotatable bonds is 9. The van der Waals surface area contributed by atoms with Gasteiger partial charge in [-0.15, -0.1) is 0 Å². The third-order valence-electron chi connectivity index (χ3n) is 6.18. The SMILES string of the molecule is CCc1ccc2ccc(/C=C/[C@@H](C(=O)N3C(=O)OCC3Cc3ccccc3)C(C)OSC)cc2n1. The van der Waals surface area contributed by atoms with Crippen molar-refractivity contribution in [3.05, 3.63) is 83.6 Å². The van der Waals surface area contributed by atoms with Gasteiger partial charge in [-0.1, -0.05) is 67.6 Å². The molecule has 1 aromatic heterocycles. The molecule has 6 nitrogen and oxygen atoms in total. The summed E-state index contributed by atoms with van der Waals surface area (Å²) >= 11 is 1.20. The van der Waals surface area contributed by atoms with Crippen LogP contribution >= 0.6 is 12.0 Å². The molecule has 3 atom stereocenters.